The fourth-order valence-electron chi connectivity index (χ4n) is 3.20. The summed E-state index contributed by atoms with van der Waals surface area (Å²) in [5.74, 6) is 0.344. The topological polar surface area (TPSA) is 55.4 Å². The third-order valence-corrected chi connectivity index (χ3v) is 5.39. The molecule has 0 aliphatic heterocycles. The molecule has 25 heavy (non-hydrogen) atoms. The first-order valence-corrected chi connectivity index (χ1v) is 9.14. The Balaban J connectivity index is 2.18. The highest BCUT2D eigenvalue weighted by Gasteiger charge is 2.33. The van der Waals surface area contributed by atoms with Gasteiger partial charge in [0.15, 0.2) is 5.78 Å². The Kier molecular flexibility index (Phi) is 6.40. The van der Waals surface area contributed by atoms with Crippen LogP contribution in [0.15, 0.2) is 36.0 Å². The van der Waals surface area contributed by atoms with Gasteiger partial charge in [-0.2, -0.15) is 0 Å². The zero-order valence-corrected chi connectivity index (χ0v) is 15.7. The SMILES string of the molecule is CCOC(=O)c1ccccc1N/C=C1\C[C@H](C(C)(C)CC)CCC1=O. The Morgan fingerprint density at radius 3 is 2.72 bits per heavy atom. The number of anilines is 1. The number of rotatable bonds is 6. The van der Waals surface area contributed by atoms with Gasteiger partial charge in [-0.25, -0.2) is 4.79 Å². The van der Waals surface area contributed by atoms with Crippen LogP contribution in [0.2, 0.25) is 0 Å². The highest BCUT2D eigenvalue weighted by atomic mass is 16.5. The van der Waals surface area contributed by atoms with Gasteiger partial charge >= 0.3 is 5.97 Å². The van der Waals surface area contributed by atoms with E-state index in [1.165, 1.54) is 0 Å². The van der Waals surface area contributed by atoms with Gasteiger partial charge in [0.2, 0.25) is 0 Å². The van der Waals surface area contributed by atoms with Crippen LogP contribution >= 0.6 is 0 Å². The van der Waals surface area contributed by atoms with Gasteiger partial charge in [0.25, 0.3) is 0 Å². The van der Waals surface area contributed by atoms with Crippen LogP contribution in [0.3, 0.4) is 0 Å². The lowest BCUT2D eigenvalue weighted by Crippen LogP contribution is -2.29. The van der Waals surface area contributed by atoms with E-state index in [4.69, 9.17) is 4.74 Å². The smallest absolute Gasteiger partial charge is 0.340 e. The van der Waals surface area contributed by atoms with E-state index >= 15 is 0 Å². The highest BCUT2D eigenvalue weighted by molar-refractivity contribution is 5.98. The average Bonchev–Trinajstić information content (AvgIpc) is 2.61. The first kappa shape index (κ1) is 19.2. The molecule has 4 heteroatoms. The number of ketones is 1. The number of nitrogens with one attached hydrogen (secondary N) is 1. The van der Waals surface area contributed by atoms with Gasteiger partial charge in [-0.1, -0.05) is 39.3 Å². The van der Waals surface area contributed by atoms with Crippen LogP contribution < -0.4 is 5.32 Å². The lowest BCUT2D eigenvalue weighted by atomic mass is 9.68. The maximum absolute atomic E-state index is 12.3. The number of esters is 1. The van der Waals surface area contributed by atoms with Gasteiger partial charge in [-0.3, -0.25) is 4.79 Å². The van der Waals surface area contributed by atoms with Crippen LogP contribution in [0.1, 0.15) is 63.7 Å². The van der Waals surface area contributed by atoms with Gasteiger partial charge in [0, 0.05) is 18.2 Å². The third kappa shape index (κ3) is 4.71. The van der Waals surface area contributed by atoms with Gasteiger partial charge < -0.3 is 10.1 Å². The number of benzene rings is 1. The van der Waals surface area contributed by atoms with Gasteiger partial charge in [-0.05, 0) is 43.2 Å². The minimum Gasteiger partial charge on any atom is -0.462 e. The number of hydrogen-bond acceptors (Lipinski definition) is 4. The van der Waals surface area contributed by atoms with Crippen molar-refractivity contribution in [1.29, 1.82) is 0 Å². The molecule has 1 N–H and O–H groups in total. The number of carbonyl (C=O) groups excluding carboxylic acids is 2. The summed E-state index contributed by atoms with van der Waals surface area (Å²) in [4.78, 5) is 24.4. The second kappa shape index (κ2) is 8.32. The zero-order valence-electron chi connectivity index (χ0n) is 15.7. The molecular formula is C21H29NO3. The Hall–Kier alpha value is -2.10. The molecule has 0 unspecified atom stereocenters. The Morgan fingerprint density at radius 1 is 1.32 bits per heavy atom. The van der Waals surface area contributed by atoms with Gasteiger partial charge in [0.1, 0.15) is 0 Å². The van der Waals surface area contributed by atoms with Gasteiger partial charge in [0.05, 0.1) is 17.9 Å². The second-order valence-electron chi connectivity index (χ2n) is 7.29. The van der Waals surface area contributed by atoms with Crippen LogP contribution in [0.25, 0.3) is 0 Å². The predicted octanol–water partition coefficient (Wildman–Crippen LogP) is 4.96. The van der Waals surface area contributed by atoms with Crippen LogP contribution in [0.5, 0.6) is 0 Å². The van der Waals surface area contributed by atoms with E-state index in [9.17, 15) is 9.59 Å². The molecule has 1 aromatic rings. The van der Waals surface area contributed by atoms with Crippen molar-refractivity contribution >= 4 is 17.4 Å². The van der Waals surface area contributed by atoms with Crippen molar-refractivity contribution in [2.45, 2.75) is 53.4 Å². The summed E-state index contributed by atoms with van der Waals surface area (Å²) in [6.45, 7) is 8.86. The summed E-state index contributed by atoms with van der Waals surface area (Å²) in [5, 5.41) is 3.16. The fraction of sp³-hybridized carbons (Fsp3) is 0.524. The first-order chi connectivity index (χ1) is 11.9. The summed E-state index contributed by atoms with van der Waals surface area (Å²) >= 11 is 0. The molecule has 4 nitrogen and oxygen atoms in total. The van der Waals surface area contributed by atoms with E-state index in [-0.39, 0.29) is 17.2 Å². The van der Waals surface area contributed by atoms with Crippen LogP contribution in [-0.2, 0) is 9.53 Å². The van der Waals surface area contributed by atoms with E-state index in [1.54, 1.807) is 25.3 Å². The molecule has 0 spiro atoms. The largest absolute Gasteiger partial charge is 0.462 e. The Morgan fingerprint density at radius 2 is 2.04 bits per heavy atom. The van der Waals surface area contributed by atoms with Crippen molar-refractivity contribution in [1.82, 2.24) is 0 Å². The molecule has 1 aliphatic carbocycles. The molecule has 1 saturated carbocycles. The molecule has 1 atom stereocenters. The normalized spacial score (nSPS) is 19.8. The van der Waals surface area contributed by atoms with Crippen molar-refractivity contribution in [2.24, 2.45) is 11.3 Å². The molecule has 0 aromatic heterocycles. The predicted molar refractivity (Wildman–Crippen MR) is 101 cm³/mol. The monoisotopic (exact) mass is 343 g/mol. The molecular weight excluding hydrogens is 314 g/mol. The molecule has 1 aromatic carbocycles. The number of allylic oxidation sites excluding steroid dienone is 1. The van der Waals surface area contributed by atoms with E-state index in [0.29, 0.717) is 30.2 Å². The number of hydrogen-bond donors (Lipinski definition) is 1. The number of carbonyl (C=O) groups is 2. The standard InChI is InChI=1S/C21H29NO3/c1-5-21(3,4)16-11-12-19(23)15(13-16)14-22-18-10-8-7-9-17(18)20(24)25-6-2/h7-10,14,16,22H,5-6,11-13H2,1-4H3/b15-14+/t16-/m1/s1. The summed E-state index contributed by atoms with van der Waals surface area (Å²) in [6, 6.07) is 7.21. The maximum Gasteiger partial charge on any atom is 0.340 e. The number of para-hydroxylation sites is 1. The lowest BCUT2D eigenvalue weighted by Gasteiger charge is -2.36. The minimum atomic E-state index is -0.357. The van der Waals surface area contributed by atoms with E-state index in [2.05, 4.69) is 26.1 Å². The molecule has 0 amide bonds. The number of Topliss-reactive ketones (excluding diaryl/α,β-unsaturated/α-hetero) is 1. The summed E-state index contributed by atoms with van der Waals surface area (Å²) in [6.07, 6.45) is 5.21. The summed E-state index contributed by atoms with van der Waals surface area (Å²) in [7, 11) is 0. The van der Waals surface area contributed by atoms with Crippen LogP contribution in [-0.4, -0.2) is 18.4 Å². The average molecular weight is 343 g/mol. The summed E-state index contributed by atoms with van der Waals surface area (Å²) in [5.41, 5.74) is 2.19. The molecule has 1 aliphatic rings. The van der Waals surface area contributed by atoms with E-state index in [1.807, 2.05) is 12.1 Å². The molecule has 0 heterocycles. The number of ether oxygens (including phenoxy) is 1. The van der Waals surface area contributed by atoms with Crippen LogP contribution in [0, 0.1) is 11.3 Å². The zero-order chi connectivity index (χ0) is 18.4. The molecule has 136 valence electrons. The van der Waals surface area contributed by atoms with E-state index < -0.39 is 0 Å². The molecule has 0 bridgehead atoms. The molecule has 0 saturated heterocycles. The Bertz CT molecular complexity index is 661. The molecule has 0 radical (unpaired) electrons. The quantitative estimate of drug-likeness (QED) is 0.585. The van der Waals surface area contributed by atoms with Crippen molar-refractivity contribution in [2.75, 3.05) is 11.9 Å². The maximum atomic E-state index is 12.3. The van der Waals surface area contributed by atoms with Crippen molar-refractivity contribution in [3.05, 3.63) is 41.6 Å². The van der Waals surface area contributed by atoms with Crippen molar-refractivity contribution in [3.8, 4) is 0 Å². The fourth-order valence-corrected chi connectivity index (χ4v) is 3.20. The van der Waals surface area contributed by atoms with Crippen molar-refractivity contribution in [3.63, 3.8) is 0 Å². The second-order valence-corrected chi connectivity index (χ2v) is 7.29. The molecule has 1 fully saturated rings. The Labute approximate surface area is 150 Å². The summed E-state index contributed by atoms with van der Waals surface area (Å²) < 4.78 is 5.09. The molecule has 2 rings (SSSR count). The van der Waals surface area contributed by atoms with Gasteiger partial charge in [-0.15, -0.1) is 0 Å². The highest BCUT2D eigenvalue weighted by Crippen LogP contribution is 2.41. The van der Waals surface area contributed by atoms with Crippen molar-refractivity contribution < 1.29 is 14.3 Å². The third-order valence-electron chi connectivity index (χ3n) is 5.39. The van der Waals surface area contributed by atoms with E-state index in [0.717, 1.165) is 24.8 Å². The first-order valence-electron chi connectivity index (χ1n) is 9.14. The lowest BCUT2D eigenvalue weighted by molar-refractivity contribution is -0.117. The minimum absolute atomic E-state index is 0.198. The van der Waals surface area contributed by atoms with Crippen LogP contribution in [0.4, 0.5) is 5.69 Å².